The second-order valence-corrected chi connectivity index (χ2v) is 12.7. The maximum atomic E-state index is 13.5. The number of halogens is 3. The normalized spacial score (nSPS) is 26.2. The fourth-order valence-electron chi connectivity index (χ4n) is 5.28. The molecule has 6 rings (SSSR count). The molecule has 3 atom stereocenters. The van der Waals surface area contributed by atoms with Gasteiger partial charge in [0.2, 0.25) is 0 Å². The molecule has 0 saturated heterocycles. The predicted octanol–water partition coefficient (Wildman–Crippen LogP) is 4.36. The standard InChI is InChI=1S/C24H21ClF2N2O5S2/c25-17-3-1-12(22(31)29-15-2-4-18(26)19(27)11-15)7-20(17)36(33,34)16-9-13-8-14(10-16)24(13,32)21(30)23-28-5-6-35-23/h1-7,11,13-14,16,21,30,32H,8-10H2,(H,29,31)/t13?,14?,16?,21-,24?/m1/s1. The molecule has 3 N–H and O–H groups in total. The molecule has 1 aromatic heterocycles. The summed E-state index contributed by atoms with van der Waals surface area (Å²) in [5.74, 6) is -3.80. The Balaban J connectivity index is 1.36. The van der Waals surface area contributed by atoms with Crippen LogP contribution in [0.5, 0.6) is 0 Å². The van der Waals surface area contributed by atoms with Gasteiger partial charge in [0.05, 0.1) is 15.2 Å². The molecule has 0 aliphatic heterocycles. The predicted molar refractivity (Wildman–Crippen MR) is 130 cm³/mol. The minimum atomic E-state index is -3.99. The van der Waals surface area contributed by atoms with Gasteiger partial charge in [0, 0.05) is 28.9 Å². The van der Waals surface area contributed by atoms with Crippen molar-refractivity contribution in [3.63, 3.8) is 0 Å². The fourth-order valence-corrected chi connectivity index (χ4v) is 8.38. The maximum Gasteiger partial charge on any atom is 0.255 e. The number of sulfone groups is 1. The fraction of sp³-hybridized carbons (Fsp3) is 0.333. The van der Waals surface area contributed by atoms with Gasteiger partial charge in [-0.1, -0.05) is 11.6 Å². The van der Waals surface area contributed by atoms with E-state index in [9.17, 15) is 32.2 Å². The summed E-state index contributed by atoms with van der Waals surface area (Å²) in [5.41, 5.74) is -1.47. The molecule has 3 aliphatic carbocycles. The van der Waals surface area contributed by atoms with E-state index in [2.05, 4.69) is 10.3 Å². The van der Waals surface area contributed by atoms with Crippen molar-refractivity contribution in [2.75, 3.05) is 5.32 Å². The highest BCUT2D eigenvalue weighted by molar-refractivity contribution is 7.92. The number of carbonyl (C=O) groups is 1. The van der Waals surface area contributed by atoms with Gasteiger partial charge in [-0.05, 0) is 61.4 Å². The number of thiazole rings is 1. The van der Waals surface area contributed by atoms with Crippen molar-refractivity contribution >= 4 is 44.4 Å². The van der Waals surface area contributed by atoms with Gasteiger partial charge in [0.15, 0.2) is 21.5 Å². The minimum absolute atomic E-state index is 0.00343. The van der Waals surface area contributed by atoms with Crippen LogP contribution in [-0.2, 0) is 9.84 Å². The van der Waals surface area contributed by atoms with Gasteiger partial charge in [-0.25, -0.2) is 22.2 Å². The Hall–Kier alpha value is -2.44. The van der Waals surface area contributed by atoms with Gasteiger partial charge in [0.25, 0.3) is 5.91 Å². The Morgan fingerprint density at radius 1 is 1.14 bits per heavy atom. The van der Waals surface area contributed by atoms with Gasteiger partial charge in [-0.15, -0.1) is 11.3 Å². The van der Waals surface area contributed by atoms with Crippen LogP contribution in [-0.4, -0.2) is 40.4 Å². The number of fused-ring (bicyclic) bond motifs is 2. The van der Waals surface area contributed by atoms with Gasteiger partial charge in [0.1, 0.15) is 16.7 Å². The molecule has 190 valence electrons. The molecule has 3 aliphatic rings. The average Bonchev–Trinajstić information content (AvgIpc) is 3.40. The highest BCUT2D eigenvalue weighted by Crippen LogP contribution is 2.60. The molecule has 3 aromatic rings. The summed E-state index contributed by atoms with van der Waals surface area (Å²) >= 11 is 7.45. The zero-order valence-electron chi connectivity index (χ0n) is 18.6. The van der Waals surface area contributed by atoms with E-state index in [1.807, 2.05) is 0 Å². The van der Waals surface area contributed by atoms with Crippen LogP contribution in [0.15, 0.2) is 52.9 Å². The first kappa shape index (κ1) is 25.2. The number of aliphatic hydroxyl groups is 2. The molecule has 1 amide bonds. The second kappa shape index (κ2) is 9.14. The van der Waals surface area contributed by atoms with Gasteiger partial charge in [-0.2, -0.15) is 0 Å². The number of hydrogen-bond donors (Lipinski definition) is 3. The van der Waals surface area contributed by atoms with Crippen molar-refractivity contribution < 1.29 is 32.2 Å². The number of carbonyl (C=O) groups excluding carboxylic acids is 1. The van der Waals surface area contributed by atoms with Crippen LogP contribution in [0.25, 0.3) is 0 Å². The van der Waals surface area contributed by atoms with Crippen LogP contribution >= 0.6 is 22.9 Å². The van der Waals surface area contributed by atoms with Gasteiger partial charge < -0.3 is 15.5 Å². The number of amides is 1. The molecule has 2 unspecified atom stereocenters. The van der Waals surface area contributed by atoms with E-state index in [0.29, 0.717) is 11.4 Å². The van der Waals surface area contributed by atoms with Crippen molar-refractivity contribution in [2.24, 2.45) is 11.8 Å². The largest absolute Gasteiger partial charge is 0.386 e. The topological polar surface area (TPSA) is 117 Å². The molecule has 2 bridgehead atoms. The van der Waals surface area contributed by atoms with Crippen LogP contribution in [0.3, 0.4) is 0 Å². The van der Waals surface area contributed by atoms with E-state index in [1.165, 1.54) is 35.7 Å². The van der Waals surface area contributed by atoms with Crippen LogP contribution in [0.2, 0.25) is 5.02 Å². The van der Waals surface area contributed by atoms with Gasteiger partial charge in [-0.3, -0.25) is 4.79 Å². The Morgan fingerprint density at radius 2 is 1.86 bits per heavy atom. The zero-order chi connectivity index (χ0) is 25.8. The molecule has 3 fully saturated rings. The SMILES string of the molecule is O=C(Nc1ccc(F)c(F)c1)c1ccc(Cl)c(S(=O)(=O)C2CC3CC(C2)C3(O)[C@H](O)c2nccs2)c1. The number of anilines is 1. The van der Waals surface area contributed by atoms with Crippen LogP contribution in [0, 0.1) is 23.5 Å². The van der Waals surface area contributed by atoms with Crippen molar-refractivity contribution in [1.29, 1.82) is 0 Å². The number of aliphatic hydroxyl groups excluding tert-OH is 1. The first-order chi connectivity index (χ1) is 17.0. The lowest BCUT2D eigenvalue weighted by Gasteiger charge is -2.59. The lowest BCUT2D eigenvalue weighted by molar-refractivity contribution is -0.233. The highest BCUT2D eigenvalue weighted by Gasteiger charge is 2.64. The summed E-state index contributed by atoms with van der Waals surface area (Å²) in [7, 11) is -3.99. The van der Waals surface area contributed by atoms with E-state index < -0.39 is 56.2 Å². The third kappa shape index (κ3) is 4.12. The molecule has 0 spiro atoms. The van der Waals surface area contributed by atoms with E-state index in [0.717, 1.165) is 18.2 Å². The first-order valence-corrected chi connectivity index (χ1v) is 13.9. The van der Waals surface area contributed by atoms with Crippen molar-refractivity contribution in [2.45, 2.75) is 41.1 Å². The smallest absolute Gasteiger partial charge is 0.255 e. The summed E-state index contributed by atoms with van der Waals surface area (Å²) < 4.78 is 53.7. The van der Waals surface area contributed by atoms with Gasteiger partial charge >= 0.3 is 0 Å². The Kier molecular flexibility index (Phi) is 6.40. The first-order valence-electron chi connectivity index (χ1n) is 11.1. The van der Waals surface area contributed by atoms with E-state index in [1.54, 1.807) is 5.38 Å². The Bertz CT molecular complexity index is 1420. The molecule has 12 heteroatoms. The number of rotatable bonds is 6. The third-order valence-corrected chi connectivity index (χ3v) is 10.7. The Morgan fingerprint density at radius 3 is 2.50 bits per heavy atom. The Labute approximate surface area is 214 Å². The van der Waals surface area contributed by atoms with Crippen molar-refractivity contribution in [1.82, 2.24) is 4.98 Å². The molecular weight excluding hydrogens is 534 g/mol. The molecule has 36 heavy (non-hydrogen) atoms. The zero-order valence-corrected chi connectivity index (χ0v) is 21.0. The van der Waals surface area contributed by atoms with Crippen LogP contribution in [0.4, 0.5) is 14.5 Å². The number of benzene rings is 2. The van der Waals surface area contributed by atoms with Crippen molar-refractivity contribution in [3.05, 3.63) is 75.2 Å². The molecular formula is C24H21ClF2N2O5S2. The molecule has 3 saturated carbocycles. The summed E-state index contributed by atoms with van der Waals surface area (Å²) in [5, 5.41) is 25.5. The minimum Gasteiger partial charge on any atom is -0.386 e. The van der Waals surface area contributed by atoms with E-state index in [4.69, 9.17) is 11.6 Å². The lowest BCUT2D eigenvalue weighted by atomic mass is 9.52. The summed E-state index contributed by atoms with van der Waals surface area (Å²) in [6.45, 7) is 0. The maximum absolute atomic E-state index is 13.5. The van der Waals surface area contributed by atoms with Crippen LogP contribution < -0.4 is 5.32 Å². The number of nitrogens with zero attached hydrogens (tertiary/aromatic N) is 1. The highest BCUT2D eigenvalue weighted by atomic mass is 35.5. The summed E-state index contributed by atoms with van der Waals surface area (Å²) in [4.78, 5) is 16.5. The number of nitrogens with one attached hydrogen (secondary N) is 1. The third-order valence-electron chi connectivity index (χ3n) is 7.21. The van der Waals surface area contributed by atoms with E-state index in [-0.39, 0.29) is 34.0 Å². The molecule has 0 radical (unpaired) electrons. The summed E-state index contributed by atoms with van der Waals surface area (Å²) in [6.07, 6.45) is 1.18. The quantitative estimate of drug-likeness (QED) is 0.417. The molecule has 7 nitrogen and oxygen atoms in total. The van der Waals surface area contributed by atoms with Crippen molar-refractivity contribution in [3.8, 4) is 0 Å². The van der Waals surface area contributed by atoms with Crippen LogP contribution in [0.1, 0.15) is 40.7 Å². The molecule has 1 heterocycles. The average molecular weight is 555 g/mol. The second-order valence-electron chi connectivity index (χ2n) is 9.16. The lowest BCUT2D eigenvalue weighted by Crippen LogP contribution is -2.64. The number of hydrogen-bond acceptors (Lipinski definition) is 7. The number of aromatic nitrogens is 1. The summed E-state index contributed by atoms with van der Waals surface area (Å²) in [6, 6.07) is 6.64. The molecule has 2 aromatic carbocycles. The van der Waals surface area contributed by atoms with E-state index >= 15 is 0 Å². The monoisotopic (exact) mass is 554 g/mol.